The van der Waals surface area contributed by atoms with E-state index in [9.17, 15) is 14.7 Å². The lowest BCUT2D eigenvalue weighted by molar-refractivity contribution is 0.0746. The molecule has 7 heteroatoms. The van der Waals surface area contributed by atoms with E-state index in [4.69, 9.17) is 10.5 Å². The third kappa shape index (κ3) is 2.54. The molecule has 0 bridgehead atoms. The number of H-pyrrole nitrogens is 1. The van der Waals surface area contributed by atoms with Gasteiger partial charge in [0.15, 0.2) is 0 Å². The smallest absolute Gasteiger partial charge is 0.270 e. The van der Waals surface area contributed by atoms with Gasteiger partial charge in [0.25, 0.3) is 5.91 Å². The number of aromatic amines is 1. The van der Waals surface area contributed by atoms with Gasteiger partial charge in [-0.3, -0.25) is 9.59 Å². The monoisotopic (exact) mass is 351 g/mol. The van der Waals surface area contributed by atoms with Crippen LogP contribution in [0.25, 0.3) is 10.9 Å². The van der Waals surface area contributed by atoms with Gasteiger partial charge in [0.05, 0.1) is 13.7 Å². The minimum atomic E-state index is -0.536. The maximum atomic E-state index is 12.9. The standard InChI is InChI=1S/C19H17N3O4/c1-26-17-7-11(18(20)24)4-12-8-22(9-14(12)17)19(25)16-6-10-5-13(23)2-3-15(10)21-16/h2-7,21,23H,8-9H2,1H3,(H2,20,24). The number of benzene rings is 2. The van der Waals surface area contributed by atoms with Gasteiger partial charge >= 0.3 is 0 Å². The molecule has 1 aliphatic rings. The molecule has 1 aromatic heterocycles. The number of rotatable bonds is 3. The number of phenols is 1. The molecule has 4 N–H and O–H groups in total. The molecule has 7 nitrogen and oxygen atoms in total. The second kappa shape index (κ2) is 5.80. The summed E-state index contributed by atoms with van der Waals surface area (Å²) < 4.78 is 5.36. The van der Waals surface area contributed by atoms with Crippen molar-refractivity contribution < 1.29 is 19.4 Å². The summed E-state index contributed by atoms with van der Waals surface area (Å²) in [5.74, 6) is -0.00756. The summed E-state index contributed by atoms with van der Waals surface area (Å²) in [6, 6.07) is 9.91. The SMILES string of the molecule is COc1cc(C(N)=O)cc2c1CN(C(=O)c1cc3cc(O)ccc3[nH]1)C2. The molecule has 0 atom stereocenters. The predicted molar refractivity (Wildman–Crippen MR) is 95.1 cm³/mol. The minimum Gasteiger partial charge on any atom is -0.508 e. The highest BCUT2D eigenvalue weighted by atomic mass is 16.5. The lowest BCUT2D eigenvalue weighted by Crippen LogP contribution is -2.25. The molecular weight excluding hydrogens is 334 g/mol. The molecule has 0 unspecified atom stereocenters. The molecule has 26 heavy (non-hydrogen) atoms. The molecule has 132 valence electrons. The number of aromatic nitrogens is 1. The van der Waals surface area contributed by atoms with E-state index < -0.39 is 5.91 Å². The van der Waals surface area contributed by atoms with Crippen molar-refractivity contribution in [3.05, 3.63) is 58.8 Å². The van der Waals surface area contributed by atoms with Crippen molar-refractivity contribution in [1.29, 1.82) is 0 Å². The summed E-state index contributed by atoms with van der Waals surface area (Å²) >= 11 is 0. The van der Waals surface area contributed by atoms with Gasteiger partial charge in [-0.05, 0) is 42.0 Å². The molecule has 3 aromatic rings. The first kappa shape index (κ1) is 16.0. The molecule has 2 amide bonds. The van der Waals surface area contributed by atoms with Crippen LogP contribution in [0.3, 0.4) is 0 Å². The number of phenolic OH excluding ortho intramolecular Hbond substituents is 1. The highest BCUT2D eigenvalue weighted by molar-refractivity contribution is 5.99. The number of hydrogen-bond acceptors (Lipinski definition) is 4. The molecule has 2 aromatic carbocycles. The normalized spacial score (nSPS) is 13.0. The summed E-state index contributed by atoms with van der Waals surface area (Å²) in [6.07, 6.45) is 0. The number of hydrogen-bond donors (Lipinski definition) is 3. The number of nitrogens with zero attached hydrogens (tertiary/aromatic N) is 1. The van der Waals surface area contributed by atoms with Crippen LogP contribution < -0.4 is 10.5 Å². The Morgan fingerprint density at radius 3 is 2.73 bits per heavy atom. The molecule has 2 heterocycles. The van der Waals surface area contributed by atoms with Crippen molar-refractivity contribution in [2.24, 2.45) is 5.73 Å². The van der Waals surface area contributed by atoms with Crippen molar-refractivity contribution in [2.75, 3.05) is 7.11 Å². The zero-order valence-electron chi connectivity index (χ0n) is 14.1. The Kier molecular flexibility index (Phi) is 3.57. The summed E-state index contributed by atoms with van der Waals surface area (Å²) in [5, 5.41) is 10.3. The van der Waals surface area contributed by atoms with E-state index >= 15 is 0 Å². The number of fused-ring (bicyclic) bond motifs is 2. The Bertz CT molecular complexity index is 1050. The summed E-state index contributed by atoms with van der Waals surface area (Å²) in [5.41, 5.74) is 8.66. The fraction of sp³-hybridized carbons (Fsp3) is 0.158. The van der Waals surface area contributed by atoms with Crippen LogP contribution in [-0.4, -0.2) is 33.9 Å². The molecule has 4 rings (SSSR count). The quantitative estimate of drug-likeness (QED) is 0.671. The molecule has 0 spiro atoms. The van der Waals surface area contributed by atoms with Gasteiger partial charge in [0.2, 0.25) is 5.91 Å². The first-order chi connectivity index (χ1) is 12.5. The number of methoxy groups -OCH3 is 1. The minimum absolute atomic E-state index is 0.146. The van der Waals surface area contributed by atoms with E-state index in [0.29, 0.717) is 30.1 Å². The van der Waals surface area contributed by atoms with Crippen LogP contribution in [0.5, 0.6) is 11.5 Å². The van der Waals surface area contributed by atoms with Crippen molar-refractivity contribution >= 4 is 22.7 Å². The third-order valence-corrected chi connectivity index (χ3v) is 4.64. The molecule has 0 fully saturated rings. The number of primary amides is 1. The Morgan fingerprint density at radius 1 is 1.19 bits per heavy atom. The van der Waals surface area contributed by atoms with E-state index in [1.54, 1.807) is 41.3 Å². The fourth-order valence-electron chi connectivity index (χ4n) is 3.35. The Balaban J connectivity index is 1.66. The second-order valence-electron chi connectivity index (χ2n) is 6.30. The van der Waals surface area contributed by atoms with E-state index in [1.165, 1.54) is 7.11 Å². The zero-order chi connectivity index (χ0) is 18.4. The van der Waals surface area contributed by atoms with Gasteiger partial charge in [-0.2, -0.15) is 0 Å². The van der Waals surface area contributed by atoms with Crippen molar-refractivity contribution in [3.63, 3.8) is 0 Å². The van der Waals surface area contributed by atoms with Crippen LogP contribution in [0.4, 0.5) is 0 Å². The number of amides is 2. The predicted octanol–water partition coefficient (Wildman–Crippen LogP) is 2.14. The van der Waals surface area contributed by atoms with E-state index in [-0.39, 0.29) is 11.7 Å². The lowest BCUT2D eigenvalue weighted by atomic mass is 10.0. The maximum Gasteiger partial charge on any atom is 0.270 e. The molecular formula is C19H17N3O4. The Labute approximate surface area is 149 Å². The first-order valence-corrected chi connectivity index (χ1v) is 8.07. The molecule has 0 radical (unpaired) electrons. The summed E-state index contributed by atoms with van der Waals surface area (Å²) in [4.78, 5) is 29.1. The highest BCUT2D eigenvalue weighted by Crippen LogP contribution is 2.33. The van der Waals surface area contributed by atoms with Crippen molar-refractivity contribution in [1.82, 2.24) is 9.88 Å². The Morgan fingerprint density at radius 2 is 2.00 bits per heavy atom. The van der Waals surface area contributed by atoms with Crippen LogP contribution in [0.1, 0.15) is 32.0 Å². The number of carbonyl (C=O) groups excluding carboxylic acids is 2. The largest absolute Gasteiger partial charge is 0.508 e. The van der Waals surface area contributed by atoms with Gasteiger partial charge in [-0.15, -0.1) is 0 Å². The van der Waals surface area contributed by atoms with Crippen LogP contribution in [0.15, 0.2) is 36.4 Å². The zero-order valence-corrected chi connectivity index (χ0v) is 14.1. The van der Waals surface area contributed by atoms with Crippen LogP contribution in [0.2, 0.25) is 0 Å². The van der Waals surface area contributed by atoms with E-state index in [2.05, 4.69) is 4.98 Å². The summed E-state index contributed by atoms with van der Waals surface area (Å²) in [6.45, 7) is 0.753. The van der Waals surface area contributed by atoms with E-state index in [1.807, 2.05) is 0 Å². The van der Waals surface area contributed by atoms with Crippen molar-refractivity contribution in [3.8, 4) is 11.5 Å². The average Bonchev–Trinajstić information content (AvgIpc) is 3.23. The summed E-state index contributed by atoms with van der Waals surface area (Å²) in [7, 11) is 1.52. The fourth-order valence-corrected chi connectivity index (χ4v) is 3.35. The number of nitrogens with one attached hydrogen (secondary N) is 1. The van der Waals surface area contributed by atoms with Gasteiger partial charge in [-0.1, -0.05) is 0 Å². The van der Waals surface area contributed by atoms with Crippen LogP contribution in [0, 0.1) is 0 Å². The van der Waals surface area contributed by atoms with Crippen molar-refractivity contribution in [2.45, 2.75) is 13.1 Å². The van der Waals surface area contributed by atoms with Gasteiger partial charge < -0.3 is 25.5 Å². The lowest BCUT2D eigenvalue weighted by Gasteiger charge is -2.14. The van der Waals surface area contributed by atoms with Crippen LogP contribution >= 0.6 is 0 Å². The number of nitrogens with two attached hydrogens (primary N) is 1. The van der Waals surface area contributed by atoms with E-state index in [0.717, 1.165) is 22.0 Å². The number of ether oxygens (including phenoxy) is 1. The number of carbonyl (C=O) groups is 2. The molecule has 0 aliphatic carbocycles. The van der Waals surface area contributed by atoms with Gasteiger partial charge in [0, 0.05) is 28.6 Å². The molecule has 1 aliphatic heterocycles. The average molecular weight is 351 g/mol. The Hall–Kier alpha value is -3.48. The first-order valence-electron chi connectivity index (χ1n) is 8.07. The van der Waals surface area contributed by atoms with Crippen LogP contribution in [-0.2, 0) is 13.1 Å². The molecule has 0 saturated carbocycles. The van der Waals surface area contributed by atoms with Gasteiger partial charge in [-0.25, -0.2) is 0 Å². The third-order valence-electron chi connectivity index (χ3n) is 4.64. The number of aromatic hydroxyl groups is 1. The topological polar surface area (TPSA) is 109 Å². The highest BCUT2D eigenvalue weighted by Gasteiger charge is 2.28. The second-order valence-corrected chi connectivity index (χ2v) is 6.30. The van der Waals surface area contributed by atoms with Gasteiger partial charge in [0.1, 0.15) is 17.2 Å². The molecule has 0 saturated heterocycles. The maximum absolute atomic E-state index is 12.9.